The Kier molecular flexibility index (Phi) is 7.50. The third-order valence-electron chi connectivity index (χ3n) is 8.10. The average Bonchev–Trinajstić information content (AvgIpc) is 3.72. The first-order valence-corrected chi connectivity index (χ1v) is 14.8. The van der Waals surface area contributed by atoms with E-state index >= 15 is 0 Å². The zero-order valence-corrected chi connectivity index (χ0v) is 24.9. The molecule has 2 aromatic carbocycles. The van der Waals surface area contributed by atoms with E-state index in [1.54, 1.807) is 23.5 Å². The van der Waals surface area contributed by atoms with Crippen molar-refractivity contribution in [2.24, 2.45) is 0 Å². The summed E-state index contributed by atoms with van der Waals surface area (Å²) < 4.78 is 47.9. The molecule has 0 bridgehead atoms. The lowest BCUT2D eigenvalue weighted by molar-refractivity contribution is 0.0115. The normalized spacial score (nSPS) is 15.1. The van der Waals surface area contributed by atoms with Crippen molar-refractivity contribution in [3.63, 3.8) is 0 Å². The fourth-order valence-corrected chi connectivity index (χ4v) is 5.88. The number of nitrogens with zero attached hydrogens (tertiary/aromatic N) is 5. The number of nitrogens with one attached hydrogen (secondary N) is 2. The minimum absolute atomic E-state index is 0.119. The van der Waals surface area contributed by atoms with E-state index in [-0.39, 0.29) is 18.8 Å². The highest BCUT2D eigenvalue weighted by molar-refractivity contribution is 6.01. The number of ether oxygens (including phenoxy) is 1. The molecular weight excluding hydrogens is 579 g/mol. The van der Waals surface area contributed by atoms with Crippen LogP contribution < -0.4 is 4.74 Å². The first-order valence-electron chi connectivity index (χ1n) is 14.8. The molecule has 0 aliphatic carbocycles. The van der Waals surface area contributed by atoms with E-state index in [9.17, 15) is 13.2 Å². The van der Waals surface area contributed by atoms with Crippen LogP contribution in [-0.4, -0.2) is 81.2 Å². The molecule has 6 aromatic rings. The number of likely N-dealkylation sites (tertiary alicyclic amines) is 1. The van der Waals surface area contributed by atoms with Gasteiger partial charge in [-0.3, -0.25) is 20.0 Å². The number of alkyl halides is 2. The molecule has 230 valence electrons. The van der Waals surface area contributed by atoms with Crippen molar-refractivity contribution in [2.45, 2.75) is 18.9 Å². The van der Waals surface area contributed by atoms with Gasteiger partial charge >= 0.3 is 0 Å². The van der Waals surface area contributed by atoms with Crippen LogP contribution in [0.3, 0.4) is 0 Å². The second-order valence-electron chi connectivity index (χ2n) is 11.9. The molecule has 5 heterocycles. The molecule has 0 saturated carbocycles. The molecule has 4 aromatic heterocycles. The number of benzene rings is 2. The van der Waals surface area contributed by atoms with Crippen molar-refractivity contribution < 1.29 is 17.9 Å². The number of pyridine rings is 2. The Hall–Kier alpha value is -4.74. The maximum Gasteiger partial charge on any atom is 0.261 e. The van der Waals surface area contributed by atoms with Gasteiger partial charge in [-0.2, -0.15) is 5.10 Å². The predicted molar refractivity (Wildman–Crippen MR) is 169 cm³/mol. The summed E-state index contributed by atoms with van der Waals surface area (Å²) in [5, 5.41) is 9.45. The number of likely N-dealkylation sites (N-methyl/N-ethyl adjacent to an activating group) is 1. The van der Waals surface area contributed by atoms with Crippen LogP contribution in [0.4, 0.5) is 13.2 Å². The van der Waals surface area contributed by atoms with Crippen molar-refractivity contribution in [3.8, 4) is 39.5 Å². The summed E-state index contributed by atoms with van der Waals surface area (Å²) in [7, 11) is 3.92. The minimum atomic E-state index is -2.64. The maximum atomic E-state index is 14.7. The van der Waals surface area contributed by atoms with Gasteiger partial charge in [0.05, 0.1) is 29.6 Å². The molecule has 0 spiro atoms. The second kappa shape index (κ2) is 11.6. The Morgan fingerprint density at radius 1 is 0.978 bits per heavy atom. The molecule has 1 aliphatic heterocycles. The lowest BCUT2D eigenvalue weighted by atomic mass is 10.0. The monoisotopic (exact) mass is 611 g/mol. The van der Waals surface area contributed by atoms with Crippen molar-refractivity contribution in [1.29, 1.82) is 0 Å². The van der Waals surface area contributed by atoms with Crippen LogP contribution >= 0.6 is 0 Å². The SMILES string of the molecule is CN(C)CCOc1cc(F)cc(-c2cccc3[nH]c(-c4n[nH]c5cnc(-c6cncc(CN7CCC(F)(F)C7)c6)cc45)cc23)c1. The fraction of sp³-hybridized carbons (Fsp3) is 0.265. The molecule has 11 heteroatoms. The summed E-state index contributed by atoms with van der Waals surface area (Å²) in [4.78, 5) is 16.2. The number of aromatic nitrogens is 5. The molecule has 1 fully saturated rings. The van der Waals surface area contributed by atoms with E-state index in [0.29, 0.717) is 36.8 Å². The van der Waals surface area contributed by atoms with Gasteiger partial charge in [0.15, 0.2) is 0 Å². The Labute approximate surface area is 257 Å². The summed E-state index contributed by atoms with van der Waals surface area (Å²) in [5.41, 5.74) is 7.09. The first-order chi connectivity index (χ1) is 21.7. The zero-order chi connectivity index (χ0) is 31.1. The van der Waals surface area contributed by atoms with E-state index in [1.807, 2.05) is 61.5 Å². The first kappa shape index (κ1) is 29.0. The van der Waals surface area contributed by atoms with Crippen LogP contribution in [0.15, 0.2) is 73.2 Å². The topological polar surface area (TPSA) is 86.0 Å². The van der Waals surface area contributed by atoms with E-state index in [2.05, 4.69) is 25.1 Å². The number of hydrogen-bond donors (Lipinski definition) is 2. The lowest BCUT2D eigenvalue weighted by Crippen LogP contribution is -2.24. The highest BCUT2D eigenvalue weighted by Gasteiger charge is 2.37. The van der Waals surface area contributed by atoms with Crippen molar-refractivity contribution >= 4 is 21.8 Å². The maximum absolute atomic E-state index is 14.7. The predicted octanol–water partition coefficient (Wildman–Crippen LogP) is 6.76. The van der Waals surface area contributed by atoms with Crippen LogP contribution in [0.5, 0.6) is 5.75 Å². The summed E-state index contributed by atoms with van der Waals surface area (Å²) >= 11 is 0. The highest BCUT2D eigenvalue weighted by atomic mass is 19.3. The van der Waals surface area contributed by atoms with Gasteiger partial charge < -0.3 is 14.6 Å². The van der Waals surface area contributed by atoms with Crippen molar-refractivity contribution in [2.75, 3.05) is 40.3 Å². The Morgan fingerprint density at radius 3 is 2.69 bits per heavy atom. The van der Waals surface area contributed by atoms with Crippen molar-refractivity contribution in [3.05, 3.63) is 84.6 Å². The number of hydrogen-bond acceptors (Lipinski definition) is 6. The summed E-state index contributed by atoms with van der Waals surface area (Å²) in [6, 6.07) is 16.6. The molecule has 7 rings (SSSR count). The van der Waals surface area contributed by atoms with Gasteiger partial charge in [0.2, 0.25) is 0 Å². The van der Waals surface area contributed by atoms with E-state index in [4.69, 9.17) is 4.74 Å². The molecule has 0 atom stereocenters. The Bertz CT molecular complexity index is 2000. The van der Waals surface area contributed by atoms with Crippen LogP contribution in [-0.2, 0) is 6.54 Å². The molecule has 0 amide bonds. The third-order valence-corrected chi connectivity index (χ3v) is 8.10. The quantitative estimate of drug-likeness (QED) is 0.188. The Balaban J connectivity index is 1.20. The number of H-pyrrole nitrogens is 2. The summed E-state index contributed by atoms with van der Waals surface area (Å²) in [6.45, 7) is 1.70. The third kappa shape index (κ3) is 6.13. The number of aromatic amines is 2. The largest absolute Gasteiger partial charge is 0.492 e. The van der Waals surface area contributed by atoms with Gasteiger partial charge in [0, 0.05) is 66.4 Å². The molecular formula is C34H32F3N7O. The van der Waals surface area contributed by atoms with Gasteiger partial charge in [-0.25, -0.2) is 13.2 Å². The van der Waals surface area contributed by atoms with Crippen molar-refractivity contribution in [1.82, 2.24) is 34.9 Å². The number of halogens is 3. The molecule has 2 N–H and O–H groups in total. The second-order valence-corrected chi connectivity index (χ2v) is 11.9. The zero-order valence-electron chi connectivity index (χ0n) is 24.9. The van der Waals surface area contributed by atoms with Crippen LogP contribution in [0.2, 0.25) is 0 Å². The summed E-state index contributed by atoms with van der Waals surface area (Å²) in [5.74, 6) is -2.52. The Morgan fingerprint density at radius 2 is 1.87 bits per heavy atom. The van der Waals surface area contributed by atoms with Gasteiger partial charge in [0.25, 0.3) is 5.92 Å². The van der Waals surface area contributed by atoms with Crippen LogP contribution in [0.1, 0.15) is 12.0 Å². The van der Waals surface area contributed by atoms with Gasteiger partial charge in [-0.15, -0.1) is 0 Å². The van der Waals surface area contributed by atoms with Crippen LogP contribution in [0.25, 0.3) is 55.6 Å². The minimum Gasteiger partial charge on any atom is -0.492 e. The number of fused-ring (bicyclic) bond motifs is 2. The van der Waals surface area contributed by atoms with E-state index < -0.39 is 5.92 Å². The molecule has 1 aliphatic rings. The molecule has 45 heavy (non-hydrogen) atoms. The fourth-order valence-electron chi connectivity index (χ4n) is 5.88. The summed E-state index contributed by atoms with van der Waals surface area (Å²) in [6.07, 6.45) is 5.04. The highest BCUT2D eigenvalue weighted by Crippen LogP contribution is 2.36. The average molecular weight is 612 g/mol. The molecule has 8 nitrogen and oxygen atoms in total. The van der Waals surface area contributed by atoms with E-state index in [0.717, 1.165) is 56.3 Å². The van der Waals surface area contributed by atoms with Gasteiger partial charge in [0.1, 0.15) is 23.9 Å². The molecule has 1 saturated heterocycles. The molecule has 0 radical (unpaired) electrons. The standard InChI is InChI=1S/C34H32F3N7O/c1-43(2)8-9-45-25-12-22(11-24(35)13-25)26-4-3-5-29-27(26)14-31(40-29)33-28-15-30(39-18-32(28)41-42-33)23-10-21(16-38-17-23)19-44-7-6-34(36,37)20-44/h3-5,10-18,40H,6-9,19-20H2,1-2H3,(H,41,42). The van der Waals surface area contributed by atoms with Crippen LogP contribution in [0, 0.1) is 5.82 Å². The number of rotatable bonds is 9. The molecule has 0 unspecified atom stereocenters. The smallest absolute Gasteiger partial charge is 0.261 e. The van der Waals surface area contributed by atoms with Gasteiger partial charge in [-0.1, -0.05) is 12.1 Å². The lowest BCUT2D eigenvalue weighted by Gasteiger charge is -2.15. The van der Waals surface area contributed by atoms with Gasteiger partial charge in [-0.05, 0) is 67.2 Å². The van der Waals surface area contributed by atoms with E-state index in [1.165, 1.54) is 12.1 Å².